The Labute approximate surface area is 111 Å². The molecule has 1 aliphatic carbocycles. The maximum absolute atomic E-state index is 12.7. The molecule has 0 spiro atoms. The molecule has 1 saturated heterocycles. The van der Waals surface area contributed by atoms with Crippen molar-refractivity contribution in [1.82, 2.24) is 9.80 Å². The van der Waals surface area contributed by atoms with Gasteiger partial charge in [-0.1, -0.05) is 0 Å². The second kappa shape index (κ2) is 5.66. The van der Waals surface area contributed by atoms with Crippen molar-refractivity contribution >= 4 is 5.84 Å². The minimum atomic E-state index is -4.42. The highest BCUT2D eigenvalue weighted by Crippen LogP contribution is 2.30. The molecule has 19 heavy (non-hydrogen) atoms. The Hall–Kier alpha value is -0.820. The third kappa shape index (κ3) is 4.35. The van der Waals surface area contributed by atoms with Crippen molar-refractivity contribution in [1.29, 1.82) is 5.41 Å². The topological polar surface area (TPSA) is 56.4 Å². The molecule has 0 aromatic rings. The van der Waals surface area contributed by atoms with Crippen LogP contribution in [0.3, 0.4) is 0 Å². The zero-order valence-electron chi connectivity index (χ0n) is 10.9. The fourth-order valence-corrected chi connectivity index (χ4v) is 2.46. The number of halogens is 3. The van der Waals surface area contributed by atoms with Gasteiger partial charge in [0.05, 0.1) is 0 Å². The number of hydrogen-bond donors (Lipinski definition) is 2. The average molecular weight is 278 g/mol. The van der Waals surface area contributed by atoms with Gasteiger partial charge in [-0.25, -0.2) is 0 Å². The molecule has 0 radical (unpaired) electrons. The maximum atomic E-state index is 12.7. The summed E-state index contributed by atoms with van der Waals surface area (Å²) in [5.41, 5.74) is 5.07. The van der Waals surface area contributed by atoms with Gasteiger partial charge >= 0.3 is 6.18 Å². The van der Waals surface area contributed by atoms with Gasteiger partial charge in [-0.2, -0.15) is 13.2 Å². The average Bonchev–Trinajstić information content (AvgIpc) is 3.10. The monoisotopic (exact) mass is 278 g/mol. The zero-order valence-corrected chi connectivity index (χ0v) is 10.9. The summed E-state index contributed by atoms with van der Waals surface area (Å²) in [7, 11) is 0. The molecule has 0 amide bonds. The van der Waals surface area contributed by atoms with E-state index < -0.39 is 17.9 Å². The Kier molecular flexibility index (Phi) is 4.35. The van der Waals surface area contributed by atoms with Gasteiger partial charge in [0.2, 0.25) is 0 Å². The molecular formula is C12H21F3N4. The fourth-order valence-electron chi connectivity index (χ4n) is 2.46. The van der Waals surface area contributed by atoms with Crippen molar-refractivity contribution in [3.63, 3.8) is 0 Å². The Morgan fingerprint density at radius 2 is 1.68 bits per heavy atom. The molecule has 1 unspecified atom stereocenters. The number of alkyl halides is 3. The largest absolute Gasteiger partial charge is 0.399 e. The Morgan fingerprint density at radius 1 is 1.16 bits per heavy atom. The van der Waals surface area contributed by atoms with Crippen molar-refractivity contribution < 1.29 is 13.2 Å². The van der Waals surface area contributed by atoms with Crippen LogP contribution in [0.2, 0.25) is 0 Å². The van der Waals surface area contributed by atoms with E-state index in [2.05, 4.69) is 4.90 Å². The van der Waals surface area contributed by atoms with Gasteiger partial charge in [0.1, 0.15) is 11.8 Å². The van der Waals surface area contributed by atoms with Crippen LogP contribution >= 0.6 is 0 Å². The lowest BCUT2D eigenvalue weighted by atomic mass is 10.1. The van der Waals surface area contributed by atoms with E-state index in [1.807, 2.05) is 0 Å². The van der Waals surface area contributed by atoms with Crippen molar-refractivity contribution in [2.24, 2.45) is 17.6 Å². The van der Waals surface area contributed by atoms with E-state index >= 15 is 0 Å². The summed E-state index contributed by atoms with van der Waals surface area (Å²) in [4.78, 5) is 4.09. The van der Waals surface area contributed by atoms with Crippen molar-refractivity contribution in [2.75, 3.05) is 39.3 Å². The van der Waals surface area contributed by atoms with Crippen molar-refractivity contribution in [2.45, 2.75) is 19.0 Å². The molecule has 0 aromatic carbocycles. The lowest BCUT2D eigenvalue weighted by molar-refractivity contribution is -0.160. The molecule has 3 N–H and O–H groups in total. The van der Waals surface area contributed by atoms with Crippen LogP contribution < -0.4 is 5.73 Å². The Morgan fingerprint density at radius 3 is 2.11 bits per heavy atom. The molecule has 0 aromatic heterocycles. The van der Waals surface area contributed by atoms with E-state index in [0.717, 1.165) is 25.6 Å². The van der Waals surface area contributed by atoms with Crippen LogP contribution in [-0.4, -0.2) is 61.1 Å². The molecule has 1 heterocycles. The first-order valence-electron chi connectivity index (χ1n) is 6.71. The Balaban J connectivity index is 1.78. The molecule has 1 aliphatic heterocycles. The summed E-state index contributed by atoms with van der Waals surface area (Å²) in [5, 5.41) is 7.09. The number of hydrogen-bond acceptors (Lipinski definition) is 3. The number of piperazine rings is 1. The normalized spacial score (nSPS) is 24.4. The molecular weight excluding hydrogens is 257 g/mol. The molecule has 7 heteroatoms. The lowest BCUT2D eigenvalue weighted by Crippen LogP contribution is -2.51. The van der Waals surface area contributed by atoms with Crippen LogP contribution in [0.1, 0.15) is 12.8 Å². The highest BCUT2D eigenvalue weighted by molar-refractivity contribution is 5.80. The summed E-state index contributed by atoms with van der Waals surface area (Å²) in [6, 6.07) is 0. The first-order valence-corrected chi connectivity index (χ1v) is 6.71. The first-order chi connectivity index (χ1) is 8.86. The Bertz CT molecular complexity index is 319. The summed E-state index contributed by atoms with van der Waals surface area (Å²) < 4.78 is 38.2. The summed E-state index contributed by atoms with van der Waals surface area (Å²) in [6.07, 6.45) is -1.83. The summed E-state index contributed by atoms with van der Waals surface area (Å²) in [6.45, 7) is 3.80. The van der Waals surface area contributed by atoms with Crippen LogP contribution in [0, 0.1) is 17.2 Å². The second-order valence-corrected chi connectivity index (χ2v) is 5.59. The number of nitrogens with one attached hydrogen (secondary N) is 1. The molecule has 2 fully saturated rings. The minimum Gasteiger partial charge on any atom is -0.387 e. The molecule has 1 saturated carbocycles. The van der Waals surface area contributed by atoms with Gasteiger partial charge in [0, 0.05) is 39.3 Å². The fraction of sp³-hybridized carbons (Fsp3) is 0.917. The minimum absolute atomic E-state index is 0.184. The molecule has 2 rings (SSSR count). The summed E-state index contributed by atoms with van der Waals surface area (Å²) >= 11 is 0. The van der Waals surface area contributed by atoms with Gasteiger partial charge in [0.25, 0.3) is 0 Å². The van der Waals surface area contributed by atoms with Crippen LogP contribution in [-0.2, 0) is 0 Å². The van der Waals surface area contributed by atoms with Gasteiger partial charge in [-0.05, 0) is 18.8 Å². The molecule has 1 atom stereocenters. The van der Waals surface area contributed by atoms with Gasteiger partial charge < -0.3 is 10.6 Å². The third-order valence-corrected chi connectivity index (χ3v) is 3.89. The summed E-state index contributed by atoms with van der Waals surface area (Å²) in [5.74, 6) is -1.80. The molecule has 110 valence electrons. The quantitative estimate of drug-likeness (QED) is 0.585. The van der Waals surface area contributed by atoms with Gasteiger partial charge in [-0.3, -0.25) is 10.3 Å². The van der Waals surface area contributed by atoms with Gasteiger partial charge in [0.15, 0.2) is 0 Å². The van der Waals surface area contributed by atoms with E-state index in [9.17, 15) is 13.2 Å². The van der Waals surface area contributed by atoms with E-state index in [4.69, 9.17) is 11.1 Å². The van der Waals surface area contributed by atoms with E-state index in [1.165, 1.54) is 12.8 Å². The third-order valence-electron chi connectivity index (χ3n) is 3.89. The lowest BCUT2D eigenvalue weighted by Gasteiger charge is -2.36. The molecule has 2 aliphatic rings. The zero-order chi connectivity index (χ0) is 14.0. The number of amidine groups is 1. The van der Waals surface area contributed by atoms with Crippen LogP contribution in [0.5, 0.6) is 0 Å². The molecule has 0 bridgehead atoms. The van der Waals surface area contributed by atoms with E-state index in [-0.39, 0.29) is 6.54 Å². The van der Waals surface area contributed by atoms with Gasteiger partial charge in [-0.15, -0.1) is 0 Å². The number of rotatable bonds is 5. The number of nitrogens with zero attached hydrogens (tertiary/aromatic N) is 2. The van der Waals surface area contributed by atoms with Crippen LogP contribution in [0.4, 0.5) is 13.2 Å². The van der Waals surface area contributed by atoms with Crippen LogP contribution in [0.25, 0.3) is 0 Å². The molecule has 4 nitrogen and oxygen atoms in total. The predicted octanol–water partition coefficient (Wildman–Crippen LogP) is 1.13. The predicted molar refractivity (Wildman–Crippen MR) is 67.1 cm³/mol. The maximum Gasteiger partial charge on any atom is 0.399 e. The van der Waals surface area contributed by atoms with Crippen LogP contribution in [0.15, 0.2) is 0 Å². The number of nitrogens with two attached hydrogens (primary N) is 1. The second-order valence-electron chi connectivity index (χ2n) is 5.59. The van der Waals surface area contributed by atoms with Crippen molar-refractivity contribution in [3.8, 4) is 0 Å². The van der Waals surface area contributed by atoms with E-state index in [0.29, 0.717) is 13.1 Å². The SMILES string of the molecule is N=C(N)C(CN1CCN(CC2CC2)CC1)C(F)(F)F. The highest BCUT2D eigenvalue weighted by Gasteiger charge is 2.43. The van der Waals surface area contributed by atoms with Crippen molar-refractivity contribution in [3.05, 3.63) is 0 Å². The standard InChI is InChI=1S/C12H21F3N4/c13-12(14,15)10(11(16)17)8-19-5-3-18(4-6-19)7-9-1-2-9/h9-10H,1-8H2,(H3,16,17). The smallest absolute Gasteiger partial charge is 0.387 e. The van der Waals surface area contributed by atoms with E-state index in [1.54, 1.807) is 4.90 Å². The first kappa shape index (κ1) is 14.6. The highest BCUT2D eigenvalue weighted by atomic mass is 19.4.